The zero-order valence-electron chi connectivity index (χ0n) is 22.4. The molecule has 3 saturated carbocycles. The average molecular weight is 585 g/mol. The molecule has 0 aromatic heterocycles. The SMILES string of the molecule is CSC(=O)[C@@]1(OC(=O)CSC2COC(=O)C2)[C@H](C)C[C@H]2[C@@H]3C[C@H](F)C4=CC(=O)C=C[C@]4(C)[C@@]3(F)[C@@H](O)C[C@@]21C. The summed E-state index contributed by atoms with van der Waals surface area (Å²) in [4.78, 5) is 50.4. The Morgan fingerprint density at radius 3 is 2.59 bits per heavy atom. The normalized spacial score (nSPS) is 46.6. The fraction of sp³-hybridized carbons (Fsp3) is 0.714. The summed E-state index contributed by atoms with van der Waals surface area (Å²) < 4.78 is 44.2. The molecule has 1 aliphatic heterocycles. The van der Waals surface area contributed by atoms with Crippen molar-refractivity contribution in [1.82, 2.24) is 0 Å². The van der Waals surface area contributed by atoms with Crippen molar-refractivity contribution in [3.63, 3.8) is 0 Å². The number of aliphatic hydroxyl groups excluding tert-OH is 1. The van der Waals surface area contributed by atoms with Gasteiger partial charge in [-0.15, -0.1) is 11.8 Å². The van der Waals surface area contributed by atoms with Gasteiger partial charge in [0.05, 0.1) is 23.5 Å². The van der Waals surface area contributed by atoms with Gasteiger partial charge in [-0.25, -0.2) is 8.78 Å². The topological polar surface area (TPSA) is 107 Å². The Morgan fingerprint density at radius 1 is 1.23 bits per heavy atom. The van der Waals surface area contributed by atoms with Gasteiger partial charge in [0.25, 0.3) is 0 Å². The summed E-state index contributed by atoms with van der Waals surface area (Å²) in [7, 11) is 0. The lowest BCUT2D eigenvalue weighted by Gasteiger charge is -2.63. The van der Waals surface area contributed by atoms with Crippen LogP contribution in [0.15, 0.2) is 23.8 Å². The summed E-state index contributed by atoms with van der Waals surface area (Å²) in [5, 5.41) is 11.0. The van der Waals surface area contributed by atoms with Crippen LogP contribution in [0, 0.1) is 28.6 Å². The second-order valence-electron chi connectivity index (χ2n) is 12.0. The summed E-state index contributed by atoms with van der Waals surface area (Å²) in [6.07, 6.45) is 2.22. The second-order valence-corrected chi connectivity index (χ2v) is 14.1. The number of thioether (sulfide) groups is 2. The van der Waals surface area contributed by atoms with Crippen molar-refractivity contribution in [3.8, 4) is 0 Å². The van der Waals surface area contributed by atoms with E-state index in [1.807, 2.05) is 0 Å². The van der Waals surface area contributed by atoms with Gasteiger partial charge in [0, 0.05) is 22.7 Å². The summed E-state index contributed by atoms with van der Waals surface area (Å²) in [5.74, 6) is -3.55. The number of carbonyl (C=O) groups is 4. The molecule has 1 heterocycles. The van der Waals surface area contributed by atoms with Crippen LogP contribution in [0.25, 0.3) is 0 Å². The summed E-state index contributed by atoms with van der Waals surface area (Å²) in [6, 6.07) is 0. The number of carbonyl (C=O) groups excluding carboxylic acids is 4. The van der Waals surface area contributed by atoms with Gasteiger partial charge in [-0.2, -0.15) is 0 Å². The van der Waals surface area contributed by atoms with Gasteiger partial charge in [-0.3, -0.25) is 19.2 Å². The monoisotopic (exact) mass is 584 g/mol. The minimum absolute atomic E-state index is 0.0340. The molecule has 5 aliphatic rings. The van der Waals surface area contributed by atoms with E-state index in [0.29, 0.717) is 6.42 Å². The van der Waals surface area contributed by atoms with Gasteiger partial charge in [0.15, 0.2) is 17.1 Å². The van der Waals surface area contributed by atoms with Gasteiger partial charge in [-0.05, 0) is 56.1 Å². The van der Waals surface area contributed by atoms with Gasteiger partial charge in [0.1, 0.15) is 12.8 Å². The molecule has 0 aromatic carbocycles. The maximum absolute atomic E-state index is 17.4. The predicted molar refractivity (Wildman–Crippen MR) is 142 cm³/mol. The van der Waals surface area contributed by atoms with Crippen LogP contribution in [-0.2, 0) is 28.7 Å². The highest BCUT2D eigenvalue weighted by atomic mass is 32.2. The lowest BCUT2D eigenvalue weighted by molar-refractivity contribution is -0.227. The number of alkyl halides is 2. The minimum Gasteiger partial charge on any atom is -0.464 e. The van der Waals surface area contributed by atoms with Crippen LogP contribution in [0.5, 0.6) is 0 Å². The van der Waals surface area contributed by atoms with Crippen LogP contribution < -0.4 is 0 Å². The number of rotatable bonds is 5. The molecule has 5 rings (SSSR count). The van der Waals surface area contributed by atoms with Crippen LogP contribution >= 0.6 is 23.5 Å². The van der Waals surface area contributed by atoms with Crippen LogP contribution in [0.3, 0.4) is 0 Å². The number of ether oxygens (including phenoxy) is 2. The fourth-order valence-corrected chi connectivity index (χ4v) is 9.99. The zero-order chi connectivity index (χ0) is 28.5. The van der Waals surface area contributed by atoms with Crippen molar-refractivity contribution < 1.29 is 42.5 Å². The lowest BCUT2D eigenvalue weighted by Crippen LogP contribution is -2.70. The smallest absolute Gasteiger partial charge is 0.316 e. The molecule has 214 valence electrons. The number of hydrogen-bond donors (Lipinski definition) is 1. The van der Waals surface area contributed by atoms with E-state index in [-0.39, 0.29) is 53.5 Å². The molecule has 4 fully saturated rings. The lowest BCUT2D eigenvalue weighted by atomic mass is 9.44. The van der Waals surface area contributed by atoms with Crippen molar-refractivity contribution in [3.05, 3.63) is 23.8 Å². The fourth-order valence-electron chi connectivity index (χ4n) is 8.36. The molecule has 0 radical (unpaired) electrons. The van der Waals surface area contributed by atoms with E-state index in [4.69, 9.17) is 9.47 Å². The first-order chi connectivity index (χ1) is 18.2. The number of halogens is 2. The van der Waals surface area contributed by atoms with Crippen LogP contribution in [0.2, 0.25) is 0 Å². The highest BCUT2D eigenvalue weighted by molar-refractivity contribution is 8.13. The van der Waals surface area contributed by atoms with Crippen molar-refractivity contribution in [2.75, 3.05) is 18.6 Å². The first-order valence-corrected chi connectivity index (χ1v) is 15.6. The number of esters is 2. The third-order valence-electron chi connectivity index (χ3n) is 10.2. The molecule has 1 unspecified atom stereocenters. The third-order valence-corrected chi connectivity index (χ3v) is 12.0. The number of ketones is 1. The number of cyclic esters (lactones) is 1. The largest absolute Gasteiger partial charge is 0.464 e. The zero-order valence-corrected chi connectivity index (χ0v) is 24.0. The molecule has 39 heavy (non-hydrogen) atoms. The van der Waals surface area contributed by atoms with E-state index in [1.165, 1.54) is 30.8 Å². The van der Waals surface area contributed by atoms with Crippen LogP contribution in [0.4, 0.5) is 8.78 Å². The molecular weight excluding hydrogens is 550 g/mol. The maximum Gasteiger partial charge on any atom is 0.316 e. The Bertz CT molecular complexity index is 1170. The predicted octanol–water partition coefficient (Wildman–Crippen LogP) is 3.77. The van der Waals surface area contributed by atoms with Crippen molar-refractivity contribution in [2.45, 2.75) is 75.2 Å². The van der Waals surface area contributed by atoms with Gasteiger partial charge in [0.2, 0.25) is 5.12 Å². The summed E-state index contributed by atoms with van der Waals surface area (Å²) in [5.41, 5.74) is -6.59. The Kier molecular flexibility index (Phi) is 7.15. The van der Waals surface area contributed by atoms with Gasteiger partial charge >= 0.3 is 11.9 Å². The van der Waals surface area contributed by atoms with E-state index in [9.17, 15) is 24.3 Å². The number of hydrogen-bond acceptors (Lipinski definition) is 9. The molecule has 0 aromatic rings. The molecule has 0 bridgehead atoms. The third kappa shape index (κ3) is 3.92. The highest BCUT2D eigenvalue weighted by Gasteiger charge is 2.78. The van der Waals surface area contributed by atoms with E-state index in [2.05, 4.69) is 0 Å². The molecule has 0 amide bonds. The van der Waals surface area contributed by atoms with E-state index < -0.39 is 63.9 Å². The quantitative estimate of drug-likeness (QED) is 0.484. The van der Waals surface area contributed by atoms with E-state index >= 15 is 8.78 Å². The van der Waals surface area contributed by atoms with Gasteiger partial charge < -0.3 is 14.6 Å². The molecule has 0 spiro atoms. The molecule has 1 saturated heterocycles. The van der Waals surface area contributed by atoms with Crippen molar-refractivity contribution in [2.24, 2.45) is 28.6 Å². The Hall–Kier alpha value is -1.72. The standard InChI is InChI=1S/C28H34F2O7S2/c1-14-7-17-18-10-20(29)19-8-15(31)5-6-25(19,2)27(18,30)21(32)11-26(17,3)28(14,24(35)38-4)37-23(34)13-39-16-9-22(33)36-12-16/h5-6,8,14,16-18,20-21,32H,7,9-13H2,1-4H3/t14-,16?,17+,18+,20+,21+,25+,26+,27+,28+/m1/s1. The van der Waals surface area contributed by atoms with Crippen molar-refractivity contribution in [1.29, 1.82) is 0 Å². The summed E-state index contributed by atoms with van der Waals surface area (Å²) >= 11 is 2.14. The van der Waals surface area contributed by atoms with Gasteiger partial charge in [-0.1, -0.05) is 31.7 Å². The summed E-state index contributed by atoms with van der Waals surface area (Å²) in [6.45, 7) is 5.27. The van der Waals surface area contributed by atoms with Crippen molar-refractivity contribution >= 4 is 46.4 Å². The van der Waals surface area contributed by atoms with Crippen LogP contribution in [-0.4, -0.2) is 75.4 Å². The van der Waals surface area contributed by atoms with E-state index in [0.717, 1.165) is 17.8 Å². The minimum atomic E-state index is -2.28. The molecular formula is C28H34F2O7S2. The molecule has 4 aliphatic carbocycles. The first kappa shape index (κ1) is 28.8. The Morgan fingerprint density at radius 2 is 1.95 bits per heavy atom. The highest BCUT2D eigenvalue weighted by Crippen LogP contribution is 2.72. The maximum atomic E-state index is 17.4. The molecule has 1 N–H and O–H groups in total. The Balaban J connectivity index is 1.50. The average Bonchev–Trinajstić information content (AvgIpc) is 3.39. The number of aliphatic hydroxyl groups is 1. The van der Waals surface area contributed by atoms with E-state index in [1.54, 1.807) is 20.1 Å². The van der Waals surface area contributed by atoms with Crippen LogP contribution in [0.1, 0.15) is 46.5 Å². The number of fused-ring (bicyclic) bond motifs is 5. The molecule has 10 atom stereocenters. The number of allylic oxidation sites excluding steroid dienone is 4. The Labute approximate surface area is 234 Å². The first-order valence-electron chi connectivity index (χ1n) is 13.3. The second kappa shape index (κ2) is 9.69. The molecule has 7 nitrogen and oxygen atoms in total. The molecule has 11 heteroatoms.